The Balaban J connectivity index is 1.51. The summed E-state index contributed by atoms with van der Waals surface area (Å²) in [6.45, 7) is 0.872. The number of hydrazone groups is 1. The number of nitrogens with zero attached hydrogens (tertiary/aromatic N) is 5. The topological polar surface area (TPSA) is 87.6 Å². The van der Waals surface area contributed by atoms with Gasteiger partial charge in [0.05, 0.1) is 9.78 Å². The molecule has 0 atom stereocenters. The number of hydrogen-bond donors (Lipinski definition) is 2. The van der Waals surface area contributed by atoms with Gasteiger partial charge in [-0.1, -0.05) is 59.6 Å². The van der Waals surface area contributed by atoms with E-state index in [1.807, 2.05) is 62.6 Å². The Labute approximate surface area is 258 Å². The molecule has 0 saturated heterocycles. The number of ether oxygens (including phenoxy) is 1. The van der Waals surface area contributed by atoms with Crippen LogP contribution in [0, 0.1) is 7.14 Å². The molecule has 0 radical (unpaired) electrons. The van der Waals surface area contributed by atoms with Crippen molar-refractivity contribution >= 4 is 92.4 Å². The molecule has 0 unspecified atom stereocenters. The fourth-order valence-corrected chi connectivity index (χ4v) is 5.76. The molecule has 0 saturated carbocycles. The molecule has 38 heavy (non-hydrogen) atoms. The summed E-state index contributed by atoms with van der Waals surface area (Å²) >= 11 is 16.9. The molecule has 12 heteroatoms. The molecular weight excluding hydrogens is 751 g/mol. The second-order valence-electron chi connectivity index (χ2n) is 8.22. The van der Waals surface area contributed by atoms with Crippen LogP contribution in [0.3, 0.4) is 0 Å². The summed E-state index contributed by atoms with van der Waals surface area (Å²) in [5.74, 6) is 1.95. The van der Waals surface area contributed by atoms with E-state index < -0.39 is 0 Å². The SMILES string of the molecule is CN(C)c1nc(NCc2ccccc2)nc(NN=Cc2cc(I)cc(I)c2OCc2ccc(Cl)cc2Cl)n1. The number of aromatic nitrogens is 3. The van der Waals surface area contributed by atoms with Gasteiger partial charge >= 0.3 is 0 Å². The van der Waals surface area contributed by atoms with Gasteiger partial charge in [-0.15, -0.1) is 0 Å². The second-order valence-corrected chi connectivity index (χ2v) is 11.5. The molecule has 0 bridgehead atoms. The fourth-order valence-electron chi connectivity index (χ4n) is 3.25. The first kappa shape index (κ1) is 28.6. The molecule has 3 aromatic carbocycles. The lowest BCUT2D eigenvalue weighted by molar-refractivity contribution is 0.303. The molecule has 196 valence electrons. The van der Waals surface area contributed by atoms with Crippen LogP contribution in [0.15, 0.2) is 65.8 Å². The average Bonchev–Trinajstić information content (AvgIpc) is 2.88. The van der Waals surface area contributed by atoms with Crippen LogP contribution < -0.4 is 20.4 Å². The molecule has 0 aliphatic carbocycles. The maximum absolute atomic E-state index is 6.33. The molecule has 0 aliphatic heterocycles. The molecule has 0 aliphatic rings. The van der Waals surface area contributed by atoms with Crippen molar-refractivity contribution in [3.63, 3.8) is 0 Å². The van der Waals surface area contributed by atoms with E-state index in [0.717, 1.165) is 23.8 Å². The van der Waals surface area contributed by atoms with Crippen molar-refractivity contribution in [2.24, 2.45) is 5.10 Å². The van der Waals surface area contributed by atoms with Gasteiger partial charge in [0.2, 0.25) is 17.8 Å². The Morgan fingerprint density at radius 1 is 0.974 bits per heavy atom. The van der Waals surface area contributed by atoms with E-state index >= 15 is 0 Å². The minimum absolute atomic E-state index is 0.289. The standard InChI is InChI=1S/C26H23Cl2I2N7O/c1-37(2)26-34-24(31-13-16-6-4-3-5-7-16)33-25(35-26)36-32-14-18-10-20(29)12-22(30)23(18)38-15-17-8-9-19(27)11-21(17)28/h3-12,14H,13,15H2,1-2H3,(H2,31,33,34,35,36). The minimum Gasteiger partial charge on any atom is -0.487 e. The van der Waals surface area contributed by atoms with Crippen molar-refractivity contribution in [2.75, 3.05) is 29.7 Å². The van der Waals surface area contributed by atoms with Gasteiger partial charge < -0.3 is 15.0 Å². The zero-order valence-electron chi connectivity index (χ0n) is 20.4. The zero-order chi connectivity index (χ0) is 27.1. The Morgan fingerprint density at radius 2 is 1.74 bits per heavy atom. The fraction of sp³-hybridized carbons (Fsp3) is 0.154. The molecule has 1 aromatic heterocycles. The van der Waals surface area contributed by atoms with E-state index in [-0.39, 0.29) is 6.61 Å². The van der Waals surface area contributed by atoms with Crippen molar-refractivity contribution < 1.29 is 4.74 Å². The summed E-state index contributed by atoms with van der Waals surface area (Å²) in [7, 11) is 3.74. The summed E-state index contributed by atoms with van der Waals surface area (Å²) in [6, 6.07) is 19.4. The molecule has 2 N–H and O–H groups in total. The minimum atomic E-state index is 0.289. The number of nitrogens with one attached hydrogen (secondary N) is 2. The Bertz CT molecular complexity index is 1440. The first-order valence-electron chi connectivity index (χ1n) is 11.3. The van der Waals surface area contributed by atoms with Crippen LogP contribution >= 0.6 is 68.4 Å². The highest BCUT2D eigenvalue weighted by atomic mass is 127. The van der Waals surface area contributed by atoms with E-state index in [0.29, 0.717) is 40.2 Å². The Kier molecular flexibility index (Phi) is 10.2. The summed E-state index contributed by atoms with van der Waals surface area (Å²) < 4.78 is 8.16. The summed E-state index contributed by atoms with van der Waals surface area (Å²) in [5.41, 5.74) is 5.68. The number of benzene rings is 3. The van der Waals surface area contributed by atoms with E-state index in [1.54, 1.807) is 23.2 Å². The molecule has 0 spiro atoms. The number of hydrogen-bond acceptors (Lipinski definition) is 8. The maximum atomic E-state index is 6.33. The first-order valence-corrected chi connectivity index (χ1v) is 14.3. The van der Waals surface area contributed by atoms with Crippen LogP contribution in [0.5, 0.6) is 5.75 Å². The zero-order valence-corrected chi connectivity index (χ0v) is 26.2. The third kappa shape index (κ3) is 8.04. The highest BCUT2D eigenvalue weighted by Crippen LogP contribution is 2.30. The van der Waals surface area contributed by atoms with Gasteiger partial charge in [0.15, 0.2) is 0 Å². The van der Waals surface area contributed by atoms with E-state index in [2.05, 4.69) is 76.0 Å². The second kappa shape index (κ2) is 13.6. The largest absolute Gasteiger partial charge is 0.487 e. The highest BCUT2D eigenvalue weighted by molar-refractivity contribution is 14.1. The summed E-state index contributed by atoms with van der Waals surface area (Å²) in [5, 5.41) is 8.77. The molecule has 1 heterocycles. The molecule has 8 nitrogen and oxygen atoms in total. The maximum Gasteiger partial charge on any atom is 0.250 e. The van der Waals surface area contributed by atoms with Crippen LogP contribution in [-0.2, 0) is 13.2 Å². The van der Waals surface area contributed by atoms with Crippen molar-refractivity contribution in [2.45, 2.75) is 13.2 Å². The lowest BCUT2D eigenvalue weighted by atomic mass is 10.2. The Morgan fingerprint density at radius 3 is 2.47 bits per heavy atom. The summed E-state index contributed by atoms with van der Waals surface area (Å²) in [6.07, 6.45) is 1.68. The average molecular weight is 774 g/mol. The van der Waals surface area contributed by atoms with E-state index in [4.69, 9.17) is 27.9 Å². The van der Waals surface area contributed by atoms with Crippen LogP contribution in [0.2, 0.25) is 10.0 Å². The van der Waals surface area contributed by atoms with Crippen molar-refractivity contribution in [1.29, 1.82) is 0 Å². The molecule has 0 amide bonds. The normalized spacial score (nSPS) is 11.0. The number of anilines is 3. The molecule has 4 aromatic rings. The van der Waals surface area contributed by atoms with Crippen LogP contribution in [0.4, 0.5) is 17.8 Å². The van der Waals surface area contributed by atoms with Gasteiger partial charge in [-0.3, -0.25) is 0 Å². The lowest BCUT2D eigenvalue weighted by Gasteiger charge is -2.14. The first-order chi connectivity index (χ1) is 18.3. The smallest absolute Gasteiger partial charge is 0.250 e. The van der Waals surface area contributed by atoms with Crippen molar-refractivity contribution in [3.8, 4) is 5.75 Å². The molecular formula is C26H23Cl2I2N7O. The molecule has 4 rings (SSSR count). The third-order valence-corrected chi connectivity index (χ3v) is 7.12. The van der Waals surface area contributed by atoms with Gasteiger partial charge in [-0.2, -0.15) is 20.1 Å². The predicted octanol–water partition coefficient (Wildman–Crippen LogP) is 7.09. The van der Waals surface area contributed by atoms with Gasteiger partial charge in [0, 0.05) is 45.4 Å². The van der Waals surface area contributed by atoms with Gasteiger partial charge in [-0.25, -0.2) is 5.43 Å². The number of rotatable bonds is 10. The quantitative estimate of drug-likeness (QED) is 0.101. The van der Waals surface area contributed by atoms with Gasteiger partial charge in [-0.05, 0) is 75.0 Å². The number of halogens is 4. The molecule has 0 fully saturated rings. The Hall–Kier alpha value is -2.42. The van der Waals surface area contributed by atoms with Gasteiger partial charge in [0.25, 0.3) is 0 Å². The highest BCUT2D eigenvalue weighted by Gasteiger charge is 2.12. The van der Waals surface area contributed by atoms with E-state index in [9.17, 15) is 0 Å². The van der Waals surface area contributed by atoms with Crippen LogP contribution in [-0.4, -0.2) is 35.3 Å². The van der Waals surface area contributed by atoms with Crippen LogP contribution in [0.25, 0.3) is 0 Å². The third-order valence-electron chi connectivity index (χ3n) is 5.11. The van der Waals surface area contributed by atoms with Crippen molar-refractivity contribution in [3.05, 3.63) is 94.5 Å². The monoisotopic (exact) mass is 773 g/mol. The lowest BCUT2D eigenvalue weighted by Crippen LogP contribution is -2.16. The predicted molar refractivity (Wildman–Crippen MR) is 172 cm³/mol. The van der Waals surface area contributed by atoms with Crippen LogP contribution in [0.1, 0.15) is 16.7 Å². The van der Waals surface area contributed by atoms with Gasteiger partial charge in [0.1, 0.15) is 12.4 Å². The van der Waals surface area contributed by atoms with E-state index in [1.165, 1.54) is 0 Å². The summed E-state index contributed by atoms with van der Waals surface area (Å²) in [4.78, 5) is 15.2. The van der Waals surface area contributed by atoms with Crippen molar-refractivity contribution in [1.82, 2.24) is 15.0 Å².